The van der Waals surface area contributed by atoms with Crippen LogP contribution in [0.5, 0.6) is 0 Å². The zero-order valence-electron chi connectivity index (χ0n) is 11.6. The van der Waals surface area contributed by atoms with E-state index in [1.165, 1.54) is 4.90 Å². The molecule has 2 aliphatic rings. The number of benzene rings is 1. The fourth-order valence-corrected chi connectivity index (χ4v) is 2.51. The molecule has 1 fully saturated rings. The van der Waals surface area contributed by atoms with Crippen molar-refractivity contribution in [3.05, 3.63) is 29.8 Å². The van der Waals surface area contributed by atoms with Gasteiger partial charge in [-0.3, -0.25) is 9.59 Å². The lowest BCUT2D eigenvalue weighted by Crippen LogP contribution is -2.45. The zero-order valence-corrected chi connectivity index (χ0v) is 11.6. The Labute approximate surface area is 118 Å². The fraction of sp³-hybridized carbons (Fsp3) is 0.467. The summed E-state index contributed by atoms with van der Waals surface area (Å²) in [5.41, 5.74) is 2.17. The second kappa shape index (κ2) is 5.15. The van der Waals surface area contributed by atoms with Crippen molar-refractivity contribution >= 4 is 17.5 Å². The molecule has 2 N–H and O–H groups in total. The lowest BCUT2D eigenvalue weighted by atomic mass is 10.1. The number of rotatable bonds is 4. The van der Waals surface area contributed by atoms with Crippen LogP contribution in [0.2, 0.25) is 0 Å². The van der Waals surface area contributed by atoms with Crippen molar-refractivity contribution in [2.45, 2.75) is 31.3 Å². The molecule has 5 heteroatoms. The van der Waals surface area contributed by atoms with Gasteiger partial charge in [0, 0.05) is 25.2 Å². The van der Waals surface area contributed by atoms with E-state index in [1.807, 2.05) is 24.3 Å². The van der Waals surface area contributed by atoms with E-state index in [2.05, 4.69) is 10.6 Å². The molecule has 1 aliphatic carbocycles. The van der Waals surface area contributed by atoms with Crippen LogP contribution >= 0.6 is 0 Å². The Morgan fingerprint density at radius 1 is 1.35 bits per heavy atom. The smallest absolute Gasteiger partial charge is 0.245 e. The minimum Gasteiger partial charge on any atom is -0.373 e. The maximum absolute atomic E-state index is 12.3. The van der Waals surface area contributed by atoms with E-state index >= 15 is 0 Å². The van der Waals surface area contributed by atoms with E-state index in [0.717, 1.165) is 24.1 Å². The summed E-state index contributed by atoms with van der Waals surface area (Å²) in [6.45, 7) is 0.129. The van der Waals surface area contributed by atoms with Gasteiger partial charge >= 0.3 is 0 Å². The van der Waals surface area contributed by atoms with Gasteiger partial charge in [-0.25, -0.2) is 0 Å². The van der Waals surface area contributed by atoms with Crippen molar-refractivity contribution in [3.63, 3.8) is 0 Å². The molecule has 1 aromatic carbocycles. The van der Waals surface area contributed by atoms with Crippen LogP contribution in [-0.2, 0) is 16.0 Å². The van der Waals surface area contributed by atoms with E-state index in [-0.39, 0.29) is 24.4 Å². The molecule has 1 saturated carbocycles. The monoisotopic (exact) mass is 273 g/mol. The molecule has 0 unspecified atom stereocenters. The average Bonchev–Trinajstić information content (AvgIpc) is 3.12. The molecule has 106 valence electrons. The largest absolute Gasteiger partial charge is 0.373 e. The molecule has 20 heavy (non-hydrogen) atoms. The minimum absolute atomic E-state index is 0.0350. The number of nitrogens with one attached hydrogen (secondary N) is 2. The Kier molecular flexibility index (Phi) is 3.34. The van der Waals surface area contributed by atoms with E-state index in [9.17, 15) is 9.59 Å². The van der Waals surface area contributed by atoms with Crippen molar-refractivity contribution in [1.29, 1.82) is 0 Å². The van der Waals surface area contributed by atoms with Crippen LogP contribution in [0.1, 0.15) is 18.4 Å². The number of nitrogens with zero attached hydrogens (tertiary/aromatic N) is 1. The molecule has 1 aromatic rings. The Balaban J connectivity index is 1.55. The second-order valence-electron chi connectivity index (χ2n) is 5.59. The van der Waals surface area contributed by atoms with Crippen LogP contribution in [0.3, 0.4) is 0 Å². The minimum atomic E-state index is -0.258. The zero-order chi connectivity index (χ0) is 14.1. The van der Waals surface area contributed by atoms with Crippen LogP contribution in [0.15, 0.2) is 24.3 Å². The molecule has 0 saturated heterocycles. The molecule has 1 atom stereocenters. The number of anilines is 1. The highest BCUT2D eigenvalue weighted by Gasteiger charge is 2.30. The van der Waals surface area contributed by atoms with Crippen molar-refractivity contribution < 1.29 is 9.59 Å². The van der Waals surface area contributed by atoms with Gasteiger partial charge in [0.05, 0.1) is 6.54 Å². The first kappa shape index (κ1) is 13.0. The summed E-state index contributed by atoms with van der Waals surface area (Å²) >= 11 is 0. The molecule has 1 aliphatic heterocycles. The summed E-state index contributed by atoms with van der Waals surface area (Å²) in [7, 11) is 1.68. The number of para-hydroxylation sites is 1. The van der Waals surface area contributed by atoms with Gasteiger partial charge < -0.3 is 15.5 Å². The molecule has 2 amide bonds. The third-order valence-corrected chi connectivity index (χ3v) is 3.77. The van der Waals surface area contributed by atoms with Crippen LogP contribution in [0.4, 0.5) is 5.69 Å². The molecule has 5 nitrogen and oxygen atoms in total. The van der Waals surface area contributed by atoms with Gasteiger partial charge in [-0.15, -0.1) is 0 Å². The quantitative estimate of drug-likeness (QED) is 0.851. The molecule has 0 radical (unpaired) electrons. The molecular formula is C15H19N3O2. The summed E-state index contributed by atoms with van der Waals surface area (Å²) < 4.78 is 0. The Morgan fingerprint density at radius 3 is 2.80 bits per heavy atom. The van der Waals surface area contributed by atoms with Crippen LogP contribution in [-0.4, -0.2) is 42.4 Å². The Morgan fingerprint density at radius 2 is 2.10 bits per heavy atom. The first-order valence-corrected chi connectivity index (χ1v) is 7.02. The van der Waals surface area contributed by atoms with Crippen LogP contribution in [0.25, 0.3) is 0 Å². The van der Waals surface area contributed by atoms with Gasteiger partial charge in [-0.05, 0) is 24.5 Å². The third-order valence-electron chi connectivity index (χ3n) is 3.77. The number of hydrogen-bond donors (Lipinski definition) is 2. The van der Waals surface area contributed by atoms with Gasteiger partial charge in [0.1, 0.15) is 6.04 Å². The Bertz CT molecular complexity index is 515. The number of likely N-dealkylation sites (N-methyl/N-ethyl adjacent to an activating group) is 1. The van der Waals surface area contributed by atoms with E-state index in [1.54, 1.807) is 7.05 Å². The summed E-state index contributed by atoms with van der Waals surface area (Å²) in [5, 5.41) is 6.11. The number of carbonyl (C=O) groups is 2. The standard InChI is InChI=1S/C15H19N3O2/c1-18(9-14(19)16-11-6-7-11)15(20)13-8-10-4-2-3-5-12(10)17-13/h2-5,11,13,17H,6-9H2,1H3,(H,16,19)/t13-/m0/s1. The highest BCUT2D eigenvalue weighted by atomic mass is 16.2. The number of fused-ring (bicyclic) bond motifs is 1. The van der Waals surface area contributed by atoms with E-state index < -0.39 is 0 Å². The highest BCUT2D eigenvalue weighted by Crippen LogP contribution is 2.25. The van der Waals surface area contributed by atoms with Crippen LogP contribution < -0.4 is 10.6 Å². The Hall–Kier alpha value is -2.04. The predicted molar refractivity (Wildman–Crippen MR) is 76.4 cm³/mol. The van der Waals surface area contributed by atoms with Crippen molar-refractivity contribution in [3.8, 4) is 0 Å². The molecular weight excluding hydrogens is 254 g/mol. The SMILES string of the molecule is CN(CC(=O)NC1CC1)C(=O)[C@@H]1Cc2ccccc2N1. The molecule has 0 aromatic heterocycles. The fourth-order valence-electron chi connectivity index (χ4n) is 2.51. The van der Waals surface area contributed by atoms with E-state index in [4.69, 9.17) is 0 Å². The normalized spacial score (nSPS) is 19.9. The summed E-state index contributed by atoms with van der Waals surface area (Å²) in [6, 6.07) is 8.00. The average molecular weight is 273 g/mol. The second-order valence-corrected chi connectivity index (χ2v) is 5.59. The topological polar surface area (TPSA) is 61.4 Å². The van der Waals surface area contributed by atoms with Gasteiger partial charge in [0.25, 0.3) is 0 Å². The highest BCUT2D eigenvalue weighted by molar-refractivity contribution is 5.90. The van der Waals surface area contributed by atoms with Gasteiger partial charge in [-0.1, -0.05) is 18.2 Å². The lowest BCUT2D eigenvalue weighted by molar-refractivity contribution is -0.135. The van der Waals surface area contributed by atoms with E-state index in [0.29, 0.717) is 12.5 Å². The van der Waals surface area contributed by atoms with Gasteiger partial charge in [0.15, 0.2) is 0 Å². The molecule has 1 heterocycles. The molecule has 0 bridgehead atoms. The number of amides is 2. The molecule has 3 rings (SSSR count). The van der Waals surface area contributed by atoms with Gasteiger partial charge in [-0.2, -0.15) is 0 Å². The van der Waals surface area contributed by atoms with Gasteiger partial charge in [0.2, 0.25) is 11.8 Å². The van der Waals surface area contributed by atoms with Crippen LogP contribution in [0, 0.1) is 0 Å². The third kappa shape index (κ3) is 2.76. The maximum Gasteiger partial charge on any atom is 0.245 e. The number of carbonyl (C=O) groups excluding carboxylic acids is 2. The van der Waals surface area contributed by atoms with Crippen molar-refractivity contribution in [2.75, 3.05) is 18.9 Å². The van der Waals surface area contributed by atoms with Crippen molar-refractivity contribution in [1.82, 2.24) is 10.2 Å². The molecule has 0 spiro atoms. The first-order chi connectivity index (χ1) is 9.63. The maximum atomic E-state index is 12.3. The predicted octanol–water partition coefficient (Wildman–Crippen LogP) is 0.760. The summed E-state index contributed by atoms with van der Waals surface area (Å²) in [4.78, 5) is 25.6. The summed E-state index contributed by atoms with van der Waals surface area (Å²) in [5.74, 6) is -0.106. The van der Waals surface area contributed by atoms with Crippen molar-refractivity contribution in [2.24, 2.45) is 0 Å². The first-order valence-electron chi connectivity index (χ1n) is 7.02. The number of hydrogen-bond acceptors (Lipinski definition) is 3. The summed E-state index contributed by atoms with van der Waals surface area (Å²) in [6.07, 6.45) is 2.80. The lowest BCUT2D eigenvalue weighted by Gasteiger charge is -2.21.